The van der Waals surface area contributed by atoms with Gasteiger partial charge in [-0.1, -0.05) is 0 Å². The van der Waals surface area contributed by atoms with Gasteiger partial charge in [0.15, 0.2) is 4.67 Å². The van der Waals surface area contributed by atoms with E-state index >= 15 is 0 Å². The Morgan fingerprint density at radius 3 is 2.84 bits per heavy atom. The van der Waals surface area contributed by atoms with Crippen LogP contribution in [0, 0.1) is 5.92 Å². The average molecular weight is 354 g/mol. The van der Waals surface area contributed by atoms with Gasteiger partial charge in [0, 0.05) is 19.2 Å². The summed E-state index contributed by atoms with van der Waals surface area (Å²) in [7, 11) is -3.65. The van der Waals surface area contributed by atoms with Gasteiger partial charge in [-0.05, 0) is 34.7 Å². The fourth-order valence-electron chi connectivity index (χ4n) is 1.52. The Morgan fingerprint density at radius 2 is 2.26 bits per heavy atom. The lowest BCUT2D eigenvalue weighted by Gasteiger charge is -2.05. The molecule has 0 unspecified atom stereocenters. The Labute approximate surface area is 120 Å². The summed E-state index contributed by atoms with van der Waals surface area (Å²) in [5.74, 6) is 0.851. The topological polar surface area (TPSA) is 88.8 Å². The highest BCUT2D eigenvalue weighted by molar-refractivity contribution is 9.10. The molecule has 6 nitrogen and oxygen atoms in total. The minimum absolute atomic E-state index is 0.0151. The van der Waals surface area contributed by atoms with Crippen molar-refractivity contribution in [3.63, 3.8) is 0 Å². The van der Waals surface area contributed by atoms with Crippen molar-refractivity contribution in [2.45, 2.75) is 24.3 Å². The molecule has 0 aromatic carbocycles. The van der Waals surface area contributed by atoms with E-state index in [1.807, 2.05) is 0 Å². The van der Waals surface area contributed by atoms with Crippen LogP contribution in [-0.2, 0) is 21.4 Å². The van der Waals surface area contributed by atoms with Gasteiger partial charge in [0.1, 0.15) is 17.3 Å². The molecule has 0 saturated heterocycles. The molecule has 1 aromatic rings. The second kappa shape index (κ2) is 6.36. The lowest BCUT2D eigenvalue weighted by Crippen LogP contribution is -2.27. The second-order valence-corrected chi connectivity index (χ2v) is 6.88. The van der Waals surface area contributed by atoms with Gasteiger partial charge in [0.2, 0.25) is 10.0 Å². The van der Waals surface area contributed by atoms with E-state index in [9.17, 15) is 8.42 Å². The van der Waals surface area contributed by atoms with Crippen molar-refractivity contribution in [1.29, 1.82) is 0 Å². The summed E-state index contributed by atoms with van der Waals surface area (Å²) in [4.78, 5) is -0.0151. The lowest BCUT2D eigenvalue weighted by molar-refractivity contribution is 0.129. The summed E-state index contributed by atoms with van der Waals surface area (Å²) in [6.07, 6.45) is 2.41. The van der Waals surface area contributed by atoms with E-state index in [1.165, 1.54) is 18.9 Å². The van der Waals surface area contributed by atoms with Gasteiger partial charge < -0.3 is 14.3 Å². The quantitative estimate of drug-likeness (QED) is 0.686. The van der Waals surface area contributed by atoms with Crippen molar-refractivity contribution in [1.82, 2.24) is 4.72 Å². The molecule has 0 radical (unpaired) electrons. The normalized spacial score (nSPS) is 15.9. The zero-order chi connectivity index (χ0) is 13.9. The summed E-state index contributed by atoms with van der Waals surface area (Å²) in [6.45, 7) is 0.906. The van der Waals surface area contributed by atoms with Gasteiger partial charge >= 0.3 is 0 Å². The van der Waals surface area contributed by atoms with Crippen molar-refractivity contribution in [2.24, 2.45) is 5.92 Å². The standard InChI is InChI=1S/C11H16BrNO5S/c12-11-10(5-9(6-14)18-11)19(15,16)13-3-4-17-7-8-1-2-8/h5,8,13-14H,1-4,6-7H2. The minimum atomic E-state index is -3.65. The first-order valence-corrected chi connectivity index (χ1v) is 8.27. The molecule has 108 valence electrons. The first-order chi connectivity index (χ1) is 9.03. The van der Waals surface area contributed by atoms with Crippen LogP contribution in [0.1, 0.15) is 18.6 Å². The number of sulfonamides is 1. The third kappa shape index (κ3) is 4.28. The van der Waals surface area contributed by atoms with E-state index < -0.39 is 10.0 Å². The van der Waals surface area contributed by atoms with Crippen LogP contribution in [0.15, 0.2) is 20.0 Å². The van der Waals surface area contributed by atoms with Crippen molar-refractivity contribution in [3.8, 4) is 0 Å². The van der Waals surface area contributed by atoms with Crippen molar-refractivity contribution in [3.05, 3.63) is 16.5 Å². The number of rotatable bonds is 8. The maximum absolute atomic E-state index is 12.0. The van der Waals surface area contributed by atoms with E-state index in [2.05, 4.69) is 20.7 Å². The third-order valence-electron chi connectivity index (χ3n) is 2.74. The van der Waals surface area contributed by atoms with Crippen LogP contribution in [0.2, 0.25) is 0 Å². The molecular weight excluding hydrogens is 338 g/mol. The highest BCUT2D eigenvalue weighted by Gasteiger charge is 2.23. The number of ether oxygens (including phenoxy) is 1. The van der Waals surface area contributed by atoms with E-state index in [1.54, 1.807) is 0 Å². The number of aliphatic hydroxyl groups excluding tert-OH is 1. The number of hydrogen-bond acceptors (Lipinski definition) is 5. The van der Waals surface area contributed by atoms with Gasteiger partial charge in [-0.15, -0.1) is 0 Å². The predicted octanol–water partition coefficient (Wildman–Crippen LogP) is 1.24. The SMILES string of the molecule is O=S(=O)(NCCOCC1CC1)c1cc(CO)oc1Br. The zero-order valence-electron chi connectivity index (χ0n) is 10.3. The van der Waals surface area contributed by atoms with E-state index in [0.717, 1.165) is 0 Å². The first kappa shape index (κ1) is 15.0. The van der Waals surface area contributed by atoms with Gasteiger partial charge in [0.25, 0.3) is 0 Å². The van der Waals surface area contributed by atoms with Crippen molar-refractivity contribution >= 4 is 26.0 Å². The smallest absolute Gasteiger partial charge is 0.245 e. The van der Waals surface area contributed by atoms with Crippen LogP contribution >= 0.6 is 15.9 Å². The van der Waals surface area contributed by atoms with Crippen LogP contribution < -0.4 is 4.72 Å². The summed E-state index contributed by atoms with van der Waals surface area (Å²) < 4.78 is 36.8. The van der Waals surface area contributed by atoms with Crippen LogP contribution in [0.5, 0.6) is 0 Å². The zero-order valence-corrected chi connectivity index (χ0v) is 12.7. The van der Waals surface area contributed by atoms with Crippen LogP contribution in [0.25, 0.3) is 0 Å². The average Bonchev–Trinajstić information content (AvgIpc) is 3.10. The molecule has 1 aromatic heterocycles. The summed E-state index contributed by atoms with van der Waals surface area (Å²) in [5, 5.41) is 8.90. The molecular formula is C11H16BrNO5S. The number of aliphatic hydroxyl groups is 1. The number of nitrogens with one attached hydrogen (secondary N) is 1. The third-order valence-corrected chi connectivity index (χ3v) is 5.06. The number of hydrogen-bond donors (Lipinski definition) is 2. The lowest BCUT2D eigenvalue weighted by atomic mass is 10.5. The monoisotopic (exact) mass is 353 g/mol. The first-order valence-electron chi connectivity index (χ1n) is 5.99. The summed E-state index contributed by atoms with van der Waals surface area (Å²) >= 11 is 3.02. The Kier molecular flexibility index (Phi) is 5.02. The fourth-order valence-corrected chi connectivity index (χ4v) is 3.53. The molecule has 2 rings (SSSR count). The highest BCUT2D eigenvalue weighted by Crippen LogP contribution is 2.28. The van der Waals surface area contributed by atoms with Gasteiger partial charge in [0.05, 0.1) is 6.61 Å². The Hall–Kier alpha value is -0.410. The van der Waals surface area contributed by atoms with Gasteiger partial charge in [-0.2, -0.15) is 0 Å². The van der Waals surface area contributed by atoms with Crippen LogP contribution in [0.4, 0.5) is 0 Å². The van der Waals surface area contributed by atoms with Crippen LogP contribution in [0.3, 0.4) is 0 Å². The molecule has 8 heteroatoms. The Morgan fingerprint density at radius 1 is 1.53 bits per heavy atom. The molecule has 0 amide bonds. The molecule has 1 saturated carbocycles. The Balaban J connectivity index is 1.83. The molecule has 19 heavy (non-hydrogen) atoms. The molecule has 1 fully saturated rings. The summed E-state index contributed by atoms with van der Waals surface area (Å²) in [6, 6.07) is 1.29. The minimum Gasteiger partial charge on any atom is -0.450 e. The molecule has 0 spiro atoms. The van der Waals surface area contributed by atoms with E-state index in [-0.39, 0.29) is 28.5 Å². The second-order valence-electron chi connectivity index (χ2n) is 4.42. The predicted molar refractivity (Wildman–Crippen MR) is 71.1 cm³/mol. The molecule has 1 aliphatic carbocycles. The number of halogens is 1. The molecule has 2 N–H and O–H groups in total. The molecule has 1 aliphatic rings. The van der Waals surface area contributed by atoms with E-state index in [0.29, 0.717) is 19.1 Å². The maximum atomic E-state index is 12.0. The fraction of sp³-hybridized carbons (Fsp3) is 0.636. The highest BCUT2D eigenvalue weighted by atomic mass is 79.9. The molecule has 0 bridgehead atoms. The largest absolute Gasteiger partial charge is 0.450 e. The molecule has 0 atom stereocenters. The molecule has 0 aliphatic heterocycles. The van der Waals surface area contributed by atoms with Gasteiger partial charge in [-0.25, -0.2) is 13.1 Å². The molecule has 1 heterocycles. The van der Waals surface area contributed by atoms with Crippen LogP contribution in [-0.4, -0.2) is 33.3 Å². The number of furan rings is 1. The van der Waals surface area contributed by atoms with Gasteiger partial charge in [-0.3, -0.25) is 0 Å². The maximum Gasteiger partial charge on any atom is 0.245 e. The van der Waals surface area contributed by atoms with Crippen molar-refractivity contribution < 1.29 is 22.7 Å². The Bertz CT molecular complexity index is 523. The van der Waals surface area contributed by atoms with Crippen molar-refractivity contribution in [2.75, 3.05) is 19.8 Å². The summed E-state index contributed by atoms with van der Waals surface area (Å²) in [5.41, 5.74) is 0. The van der Waals surface area contributed by atoms with E-state index in [4.69, 9.17) is 14.3 Å².